The molecule has 0 aliphatic carbocycles. The highest BCUT2D eigenvalue weighted by Crippen LogP contribution is 2.24. The number of nitrogens with two attached hydrogens (primary N) is 1. The zero-order valence-corrected chi connectivity index (χ0v) is 31.1. The topological polar surface area (TPSA) is 291 Å². The summed E-state index contributed by atoms with van der Waals surface area (Å²) in [5.41, 5.74) is 7.11. The zero-order chi connectivity index (χ0) is 39.2. The number of H-pyrrole nitrogens is 1. The van der Waals surface area contributed by atoms with Crippen LogP contribution < -0.4 is 37.6 Å². The summed E-state index contributed by atoms with van der Waals surface area (Å²) in [6.07, 6.45) is -0.884. The maximum absolute atomic E-state index is 13.8. The van der Waals surface area contributed by atoms with Gasteiger partial charge in [0.25, 0.3) is 0 Å². The first kappa shape index (κ1) is 42.6. The normalized spacial score (nSPS) is 22.8. The third-order valence-electron chi connectivity index (χ3n) is 7.98. The van der Waals surface area contributed by atoms with Crippen LogP contribution in [0.3, 0.4) is 0 Å². The van der Waals surface area contributed by atoms with Gasteiger partial charge in [-0.15, -0.1) is 0 Å². The van der Waals surface area contributed by atoms with Gasteiger partial charge in [-0.05, 0) is 36.3 Å². The molecule has 11 N–H and O–H groups in total. The number of fused-ring (bicyclic) bond motifs is 1. The second-order valence-corrected chi connectivity index (χ2v) is 15.4. The SMILES string of the molecule is CC(=O)N[C@H]1CSSC[C@@H](C(=O)N[C@@H](Cc2cc3ccccc3[nH]2)C(N)=O)NC(=O)[C@H](CC(C)C)NC(=O)[C@H](CCC(=O)O)NC(=O)[C@H](CO)NC1=O. The Bertz CT molecular complexity index is 1640. The van der Waals surface area contributed by atoms with E-state index in [0.29, 0.717) is 5.69 Å². The molecular formula is C33H46N8O10S2. The molecule has 18 nitrogen and oxygen atoms in total. The van der Waals surface area contributed by atoms with Crippen LogP contribution in [0.15, 0.2) is 30.3 Å². The van der Waals surface area contributed by atoms with Crippen LogP contribution >= 0.6 is 21.6 Å². The second-order valence-electron chi connectivity index (χ2n) is 12.9. The Morgan fingerprint density at radius 1 is 0.906 bits per heavy atom. The average molecular weight is 779 g/mol. The van der Waals surface area contributed by atoms with E-state index in [4.69, 9.17) is 5.73 Å². The highest BCUT2D eigenvalue weighted by atomic mass is 33.1. The van der Waals surface area contributed by atoms with Gasteiger partial charge in [-0.1, -0.05) is 53.6 Å². The molecular weight excluding hydrogens is 733 g/mol. The van der Waals surface area contributed by atoms with Crippen LogP contribution in [0.2, 0.25) is 0 Å². The number of aromatic amines is 1. The summed E-state index contributed by atoms with van der Waals surface area (Å²) in [5.74, 6) is -7.40. The van der Waals surface area contributed by atoms with Gasteiger partial charge in [0.05, 0.1) is 6.61 Å². The fourth-order valence-electron chi connectivity index (χ4n) is 5.32. The third-order valence-corrected chi connectivity index (χ3v) is 10.4. The molecule has 6 atom stereocenters. The molecule has 2 heterocycles. The van der Waals surface area contributed by atoms with Crippen LogP contribution in [-0.4, -0.2) is 117 Å². The summed E-state index contributed by atoms with van der Waals surface area (Å²) < 4.78 is 0. The van der Waals surface area contributed by atoms with Crippen LogP contribution in [-0.2, 0) is 44.8 Å². The molecule has 0 spiro atoms. The minimum atomic E-state index is -1.59. The minimum Gasteiger partial charge on any atom is -0.481 e. The maximum Gasteiger partial charge on any atom is 0.303 e. The number of hydrogen-bond acceptors (Lipinski definition) is 11. The van der Waals surface area contributed by atoms with Crippen LogP contribution in [0.1, 0.15) is 45.7 Å². The minimum absolute atomic E-state index is 0.0101. The quantitative estimate of drug-likeness (QED) is 0.109. The van der Waals surface area contributed by atoms with Crippen molar-refractivity contribution in [2.45, 2.75) is 82.7 Å². The van der Waals surface area contributed by atoms with Gasteiger partial charge in [-0.3, -0.25) is 38.4 Å². The number of carboxylic acids is 1. The number of aliphatic hydroxyl groups excluding tert-OH is 1. The Kier molecular flexibility index (Phi) is 16.4. The van der Waals surface area contributed by atoms with Gasteiger partial charge in [-0.2, -0.15) is 0 Å². The average Bonchev–Trinajstić information content (AvgIpc) is 3.50. The Hall–Kier alpha value is -4.82. The lowest BCUT2D eigenvalue weighted by Crippen LogP contribution is -2.60. The van der Waals surface area contributed by atoms with Gasteiger partial charge >= 0.3 is 5.97 Å². The summed E-state index contributed by atoms with van der Waals surface area (Å²) in [6, 6.07) is 1.15. The molecule has 0 bridgehead atoms. The van der Waals surface area contributed by atoms with Crippen molar-refractivity contribution in [2.24, 2.45) is 11.7 Å². The number of amides is 7. The lowest BCUT2D eigenvalue weighted by atomic mass is 10.0. The fraction of sp³-hybridized carbons (Fsp3) is 0.515. The number of aromatic nitrogens is 1. The molecule has 53 heavy (non-hydrogen) atoms. The molecule has 3 rings (SSSR count). The maximum atomic E-state index is 13.8. The first-order valence-corrected chi connectivity index (χ1v) is 19.3. The Balaban J connectivity index is 1.95. The van der Waals surface area contributed by atoms with Crippen molar-refractivity contribution in [1.29, 1.82) is 0 Å². The van der Waals surface area contributed by atoms with Crippen LogP contribution in [0.5, 0.6) is 0 Å². The Morgan fingerprint density at radius 3 is 2.15 bits per heavy atom. The van der Waals surface area contributed by atoms with E-state index in [1.54, 1.807) is 13.8 Å². The first-order chi connectivity index (χ1) is 25.1. The van der Waals surface area contributed by atoms with E-state index in [1.807, 2.05) is 30.3 Å². The van der Waals surface area contributed by atoms with Crippen LogP contribution in [0.4, 0.5) is 0 Å². The molecule has 7 amide bonds. The summed E-state index contributed by atoms with van der Waals surface area (Å²) in [6.45, 7) is 3.83. The Morgan fingerprint density at radius 2 is 1.53 bits per heavy atom. The second kappa shape index (κ2) is 20.4. The van der Waals surface area contributed by atoms with Crippen molar-refractivity contribution in [3.05, 3.63) is 36.0 Å². The van der Waals surface area contributed by atoms with Crippen molar-refractivity contribution in [2.75, 3.05) is 18.1 Å². The molecule has 2 aromatic rings. The first-order valence-electron chi connectivity index (χ1n) is 16.8. The number of rotatable bonds is 12. The van der Waals surface area contributed by atoms with E-state index < -0.39 is 103 Å². The van der Waals surface area contributed by atoms with E-state index in [1.165, 1.54) is 6.92 Å². The number of hydrogen-bond donors (Lipinski definition) is 10. The largest absolute Gasteiger partial charge is 0.481 e. The van der Waals surface area contributed by atoms with E-state index in [9.17, 15) is 48.6 Å². The summed E-state index contributed by atoms with van der Waals surface area (Å²) in [7, 11) is 2.11. The number of primary amides is 1. The standard InChI is InChI=1S/C33H46N8O10S2/c1-16(2)10-23-30(48)41-26(33(51)38-22(28(34)46)12-19-11-18-6-4-5-7-20(18)36-19)15-53-52-14-25(35-17(3)43)32(50)40-24(13-42)31(49)37-21(29(47)39-23)8-9-27(44)45/h4-7,11,16,21-26,36,42H,8-10,12-15H2,1-3H3,(H2,34,46)(H,35,43)(H,37,49)(H,38,51)(H,39,47)(H,40,50)(H,41,48)(H,44,45)/t21-,22-,23-,24-,25-,26-/m0/s1. The number of carbonyl (C=O) groups is 8. The number of aliphatic carboxylic acids is 1. The predicted molar refractivity (Wildman–Crippen MR) is 197 cm³/mol. The molecule has 1 aliphatic rings. The molecule has 20 heteroatoms. The van der Waals surface area contributed by atoms with Crippen molar-refractivity contribution >= 4 is 79.8 Å². The van der Waals surface area contributed by atoms with E-state index >= 15 is 0 Å². The van der Waals surface area contributed by atoms with Gasteiger partial charge < -0.3 is 52.8 Å². The number of carboxylic acid groups (broad SMARTS) is 1. The van der Waals surface area contributed by atoms with Crippen molar-refractivity contribution < 1.29 is 48.6 Å². The number of benzene rings is 1. The summed E-state index contributed by atoms with van der Waals surface area (Å²) >= 11 is 0. The van der Waals surface area contributed by atoms with Gasteiger partial charge in [0.15, 0.2) is 0 Å². The molecule has 1 aromatic heterocycles. The van der Waals surface area contributed by atoms with Crippen LogP contribution in [0.25, 0.3) is 10.9 Å². The highest BCUT2D eigenvalue weighted by molar-refractivity contribution is 8.76. The van der Waals surface area contributed by atoms with Gasteiger partial charge in [0, 0.05) is 42.5 Å². The lowest BCUT2D eigenvalue weighted by Gasteiger charge is -2.27. The van der Waals surface area contributed by atoms with Crippen molar-refractivity contribution in [1.82, 2.24) is 36.9 Å². The van der Waals surface area contributed by atoms with E-state index in [0.717, 1.165) is 32.5 Å². The van der Waals surface area contributed by atoms with Gasteiger partial charge in [-0.25, -0.2) is 0 Å². The number of para-hydroxylation sites is 1. The number of carbonyl (C=O) groups excluding carboxylic acids is 7. The van der Waals surface area contributed by atoms with E-state index in [-0.39, 0.29) is 30.3 Å². The summed E-state index contributed by atoms with van der Waals surface area (Å²) in [4.78, 5) is 106. The highest BCUT2D eigenvalue weighted by Gasteiger charge is 2.34. The lowest BCUT2D eigenvalue weighted by molar-refractivity contribution is -0.139. The Labute approximate surface area is 313 Å². The van der Waals surface area contributed by atoms with Crippen LogP contribution in [0, 0.1) is 5.92 Å². The molecule has 0 radical (unpaired) electrons. The molecule has 1 aromatic carbocycles. The molecule has 1 fully saturated rings. The molecule has 0 unspecified atom stereocenters. The third kappa shape index (κ3) is 13.6. The number of nitrogens with one attached hydrogen (secondary N) is 7. The van der Waals surface area contributed by atoms with Crippen molar-refractivity contribution in [3.63, 3.8) is 0 Å². The molecule has 0 saturated carbocycles. The van der Waals surface area contributed by atoms with Crippen molar-refractivity contribution in [3.8, 4) is 0 Å². The van der Waals surface area contributed by atoms with Gasteiger partial charge in [0.2, 0.25) is 41.4 Å². The van der Waals surface area contributed by atoms with E-state index in [2.05, 4.69) is 36.9 Å². The molecule has 1 saturated heterocycles. The smallest absolute Gasteiger partial charge is 0.303 e. The predicted octanol–water partition coefficient (Wildman–Crippen LogP) is -1.58. The molecule has 290 valence electrons. The monoisotopic (exact) mass is 778 g/mol. The van der Waals surface area contributed by atoms with Gasteiger partial charge in [0.1, 0.15) is 36.3 Å². The molecule has 1 aliphatic heterocycles. The summed E-state index contributed by atoms with van der Waals surface area (Å²) in [5, 5.41) is 35.0. The fourth-order valence-corrected chi connectivity index (χ4v) is 7.65. The number of aliphatic hydroxyl groups is 1. The zero-order valence-electron chi connectivity index (χ0n) is 29.4.